The van der Waals surface area contributed by atoms with E-state index >= 15 is 0 Å². The number of aromatic nitrogens is 1. The molecule has 7 nitrogen and oxygen atoms in total. The van der Waals surface area contributed by atoms with Gasteiger partial charge in [0.25, 0.3) is 11.8 Å². The summed E-state index contributed by atoms with van der Waals surface area (Å²) in [6.45, 7) is 5.28. The smallest absolute Gasteiger partial charge is 0.259 e. The number of fused-ring (bicyclic) bond motifs is 5. The molecule has 1 saturated heterocycles. The number of hydrogen-bond acceptors (Lipinski definition) is 5. The number of imide groups is 1. The number of aryl methyl sites for hydroxylation is 2. The molecule has 0 spiro atoms. The minimum absolute atomic E-state index is 0.0532. The molecule has 4 aromatic rings. The Balaban J connectivity index is 1.84. The van der Waals surface area contributed by atoms with Gasteiger partial charge in [-0.1, -0.05) is 6.07 Å². The number of aliphatic hydroxyl groups excluding tert-OH is 2. The Hall–Kier alpha value is -3.66. The lowest BCUT2D eigenvalue weighted by Crippen LogP contribution is -2.44. The Morgan fingerprint density at radius 3 is 2.41 bits per heavy atom. The van der Waals surface area contributed by atoms with Crippen LogP contribution < -0.4 is 5.32 Å². The SMILES string of the molecule is Cc1ccc(F)cc1-c1c2c(c3c4cc(F)ccc4n([C@@H]4O[C@H](C)C[C@H](O)[C@H]4O)c3c1C)C(=O)NC2=O. The van der Waals surface area contributed by atoms with E-state index in [1.165, 1.54) is 30.3 Å². The lowest BCUT2D eigenvalue weighted by atomic mass is 9.87. The summed E-state index contributed by atoms with van der Waals surface area (Å²) < 4.78 is 36.7. The summed E-state index contributed by atoms with van der Waals surface area (Å²) in [5.74, 6) is -2.34. The molecule has 0 saturated carbocycles. The summed E-state index contributed by atoms with van der Waals surface area (Å²) in [6, 6.07) is 8.25. The molecule has 1 fully saturated rings. The topological polar surface area (TPSA) is 101 Å². The van der Waals surface area contributed by atoms with Gasteiger partial charge in [-0.3, -0.25) is 14.9 Å². The molecule has 0 unspecified atom stereocenters. The first-order chi connectivity index (χ1) is 17.6. The zero-order valence-electron chi connectivity index (χ0n) is 20.3. The zero-order valence-corrected chi connectivity index (χ0v) is 20.3. The highest BCUT2D eigenvalue weighted by Crippen LogP contribution is 2.46. The Morgan fingerprint density at radius 2 is 1.65 bits per heavy atom. The number of rotatable bonds is 2. The third-order valence-electron chi connectivity index (χ3n) is 7.48. The second-order valence-electron chi connectivity index (χ2n) is 9.88. The van der Waals surface area contributed by atoms with Crippen molar-refractivity contribution in [3.63, 3.8) is 0 Å². The zero-order chi connectivity index (χ0) is 26.3. The number of benzene rings is 3. The van der Waals surface area contributed by atoms with E-state index in [0.29, 0.717) is 44.1 Å². The van der Waals surface area contributed by atoms with Gasteiger partial charge in [0.05, 0.1) is 34.4 Å². The Labute approximate surface area is 210 Å². The quantitative estimate of drug-likeness (QED) is 0.353. The first-order valence-electron chi connectivity index (χ1n) is 12.0. The lowest BCUT2D eigenvalue weighted by molar-refractivity contribution is -0.190. The standard InChI is InChI=1S/C28H24F2N2O5/c1-11-4-5-14(29)9-16(11)20-13(3)24-21(23-22(20)26(35)31-27(23)36)17-10-15(30)6-7-18(17)32(24)28-25(34)19(33)8-12(2)37-28/h4-7,9-10,12,19,25,28,33-34H,8H2,1-3H3,(H,31,35,36)/t12-,19+,25-,28-/m1/s1. The van der Waals surface area contributed by atoms with Crippen LogP contribution in [0.1, 0.15) is 51.4 Å². The molecule has 0 radical (unpaired) electrons. The molecule has 37 heavy (non-hydrogen) atoms. The number of aliphatic hydroxyl groups is 2. The molecule has 2 aliphatic heterocycles. The van der Waals surface area contributed by atoms with Crippen LogP contribution in [0.15, 0.2) is 36.4 Å². The van der Waals surface area contributed by atoms with Crippen LogP contribution in [0.2, 0.25) is 0 Å². The van der Waals surface area contributed by atoms with E-state index in [0.717, 1.165) is 0 Å². The van der Waals surface area contributed by atoms with Crippen molar-refractivity contribution in [2.24, 2.45) is 0 Å². The summed E-state index contributed by atoms with van der Waals surface area (Å²) >= 11 is 0. The molecular weight excluding hydrogens is 482 g/mol. The van der Waals surface area contributed by atoms with E-state index in [1.807, 2.05) is 0 Å². The largest absolute Gasteiger partial charge is 0.390 e. The molecule has 3 aromatic carbocycles. The average molecular weight is 507 g/mol. The highest BCUT2D eigenvalue weighted by Gasteiger charge is 2.41. The van der Waals surface area contributed by atoms with Crippen LogP contribution in [0.3, 0.4) is 0 Å². The second kappa shape index (κ2) is 8.17. The van der Waals surface area contributed by atoms with Crippen molar-refractivity contribution in [3.8, 4) is 11.1 Å². The minimum Gasteiger partial charge on any atom is -0.390 e. The van der Waals surface area contributed by atoms with E-state index < -0.39 is 48.0 Å². The van der Waals surface area contributed by atoms with Gasteiger partial charge in [-0.05, 0) is 67.8 Å². The maximum Gasteiger partial charge on any atom is 0.259 e. The van der Waals surface area contributed by atoms with Crippen LogP contribution in [-0.2, 0) is 4.74 Å². The predicted octanol–water partition coefficient (Wildman–Crippen LogP) is 4.27. The van der Waals surface area contributed by atoms with Crippen molar-refractivity contribution < 1.29 is 33.3 Å². The molecule has 3 N–H and O–H groups in total. The monoisotopic (exact) mass is 506 g/mol. The fourth-order valence-corrected chi connectivity index (χ4v) is 5.87. The number of carbonyl (C=O) groups is 2. The fourth-order valence-electron chi connectivity index (χ4n) is 5.87. The van der Waals surface area contributed by atoms with Gasteiger partial charge in [0, 0.05) is 22.8 Å². The van der Waals surface area contributed by atoms with Crippen molar-refractivity contribution in [3.05, 3.63) is 70.3 Å². The van der Waals surface area contributed by atoms with E-state index in [2.05, 4.69) is 5.32 Å². The van der Waals surface area contributed by atoms with Gasteiger partial charge < -0.3 is 19.5 Å². The summed E-state index contributed by atoms with van der Waals surface area (Å²) in [5.41, 5.74) is 3.02. The summed E-state index contributed by atoms with van der Waals surface area (Å²) in [7, 11) is 0. The molecule has 0 bridgehead atoms. The first-order valence-corrected chi connectivity index (χ1v) is 12.0. The van der Waals surface area contributed by atoms with E-state index in [1.54, 1.807) is 31.4 Å². The molecule has 3 heterocycles. The van der Waals surface area contributed by atoms with Gasteiger partial charge in [-0.2, -0.15) is 0 Å². The number of nitrogens with zero attached hydrogens (tertiary/aromatic N) is 1. The fraction of sp³-hybridized carbons (Fsp3) is 0.286. The Bertz CT molecular complexity index is 1660. The molecule has 1 aromatic heterocycles. The van der Waals surface area contributed by atoms with E-state index in [-0.39, 0.29) is 17.5 Å². The van der Waals surface area contributed by atoms with Crippen LogP contribution in [0, 0.1) is 25.5 Å². The summed E-state index contributed by atoms with van der Waals surface area (Å²) in [5, 5.41) is 24.6. The van der Waals surface area contributed by atoms with Gasteiger partial charge in [0.1, 0.15) is 17.7 Å². The van der Waals surface area contributed by atoms with Gasteiger partial charge in [0.2, 0.25) is 0 Å². The normalized spacial score (nSPS) is 23.6. The molecule has 0 aliphatic carbocycles. The number of hydrogen-bond donors (Lipinski definition) is 3. The lowest BCUT2D eigenvalue weighted by Gasteiger charge is -2.37. The van der Waals surface area contributed by atoms with Crippen molar-refractivity contribution in [2.75, 3.05) is 0 Å². The number of ether oxygens (including phenoxy) is 1. The molecule has 6 rings (SSSR count). The first kappa shape index (κ1) is 23.7. The third kappa shape index (κ3) is 3.34. The van der Waals surface area contributed by atoms with Gasteiger partial charge >= 0.3 is 0 Å². The number of halogens is 2. The molecule has 2 aliphatic rings. The Kier molecular flexibility index (Phi) is 5.24. The van der Waals surface area contributed by atoms with Crippen molar-refractivity contribution in [2.45, 2.75) is 51.7 Å². The number of carbonyl (C=O) groups excluding carboxylic acids is 2. The van der Waals surface area contributed by atoms with Gasteiger partial charge in [-0.25, -0.2) is 8.78 Å². The average Bonchev–Trinajstić information content (AvgIpc) is 3.32. The van der Waals surface area contributed by atoms with Gasteiger partial charge in [-0.15, -0.1) is 0 Å². The summed E-state index contributed by atoms with van der Waals surface area (Å²) in [4.78, 5) is 26.3. The molecule has 2 amide bonds. The third-order valence-corrected chi connectivity index (χ3v) is 7.48. The predicted molar refractivity (Wildman–Crippen MR) is 132 cm³/mol. The highest BCUT2D eigenvalue weighted by atomic mass is 19.1. The van der Waals surface area contributed by atoms with Crippen molar-refractivity contribution in [1.29, 1.82) is 0 Å². The maximum atomic E-state index is 14.5. The number of nitrogens with one attached hydrogen (secondary N) is 1. The van der Waals surface area contributed by atoms with Crippen LogP contribution in [0.4, 0.5) is 8.78 Å². The van der Waals surface area contributed by atoms with Crippen LogP contribution >= 0.6 is 0 Å². The molecule has 190 valence electrons. The second-order valence-corrected chi connectivity index (χ2v) is 9.88. The number of amides is 2. The maximum absolute atomic E-state index is 14.5. The molecular formula is C28H24F2N2O5. The van der Waals surface area contributed by atoms with E-state index in [4.69, 9.17) is 4.74 Å². The Morgan fingerprint density at radius 1 is 0.973 bits per heavy atom. The van der Waals surface area contributed by atoms with Crippen LogP contribution in [0.5, 0.6) is 0 Å². The minimum atomic E-state index is -1.32. The molecule has 9 heteroatoms. The van der Waals surface area contributed by atoms with Crippen LogP contribution in [-0.4, -0.2) is 44.9 Å². The highest BCUT2D eigenvalue weighted by molar-refractivity contribution is 6.33. The van der Waals surface area contributed by atoms with Gasteiger partial charge in [0.15, 0.2) is 6.23 Å². The van der Waals surface area contributed by atoms with Crippen molar-refractivity contribution >= 4 is 33.6 Å². The molecule has 4 atom stereocenters. The van der Waals surface area contributed by atoms with E-state index in [9.17, 15) is 28.6 Å². The summed E-state index contributed by atoms with van der Waals surface area (Å²) in [6.07, 6.45) is -3.64. The van der Waals surface area contributed by atoms with Crippen LogP contribution in [0.25, 0.3) is 32.9 Å². The van der Waals surface area contributed by atoms with Crippen molar-refractivity contribution in [1.82, 2.24) is 9.88 Å².